The Hall–Kier alpha value is -3.74. The van der Waals surface area contributed by atoms with Crippen LogP contribution in [0.25, 0.3) is 10.9 Å². The van der Waals surface area contributed by atoms with Crippen LogP contribution in [0.4, 0.5) is 4.39 Å². The first-order chi connectivity index (χ1) is 13.0. The third-order valence-electron chi connectivity index (χ3n) is 3.91. The van der Waals surface area contributed by atoms with Gasteiger partial charge in [0.25, 0.3) is 11.5 Å². The number of carbonyl (C=O) groups is 1. The molecular formula is C20H16FN3O3. The van der Waals surface area contributed by atoms with Crippen molar-refractivity contribution in [3.8, 4) is 5.75 Å². The van der Waals surface area contributed by atoms with Gasteiger partial charge in [0.15, 0.2) is 0 Å². The highest BCUT2D eigenvalue weighted by atomic mass is 19.1. The number of rotatable bonds is 5. The number of halogens is 1. The number of fused-ring (bicyclic) bond motifs is 1. The maximum atomic E-state index is 13.2. The Morgan fingerprint density at radius 1 is 1.26 bits per heavy atom. The summed E-state index contributed by atoms with van der Waals surface area (Å²) in [6.45, 7) is 3.79. The number of hydrogen-bond donors (Lipinski definition) is 2. The topological polar surface area (TPSA) is 83.7 Å². The molecule has 136 valence electrons. The zero-order valence-electron chi connectivity index (χ0n) is 14.2. The average Bonchev–Trinajstić information content (AvgIpc) is 2.65. The Labute approximate surface area is 153 Å². The summed E-state index contributed by atoms with van der Waals surface area (Å²) in [5.41, 5.74) is 2.02. The summed E-state index contributed by atoms with van der Waals surface area (Å²) in [4.78, 5) is 25.2. The Morgan fingerprint density at radius 3 is 2.78 bits per heavy atom. The van der Waals surface area contributed by atoms with Gasteiger partial charge in [-0.25, -0.2) is 9.82 Å². The molecule has 3 rings (SSSR count). The second-order valence-electron chi connectivity index (χ2n) is 5.70. The number of nitrogens with zero attached hydrogens (tertiary/aromatic N) is 2. The molecule has 0 bridgehead atoms. The van der Waals surface area contributed by atoms with Crippen LogP contribution in [-0.4, -0.2) is 21.8 Å². The van der Waals surface area contributed by atoms with Crippen LogP contribution in [0.15, 0.2) is 71.1 Å². The summed E-state index contributed by atoms with van der Waals surface area (Å²) in [6, 6.07) is 12.3. The number of benzene rings is 2. The van der Waals surface area contributed by atoms with Crippen LogP contribution >= 0.6 is 0 Å². The largest absolute Gasteiger partial charge is 0.506 e. The molecule has 0 saturated carbocycles. The zero-order valence-corrected chi connectivity index (χ0v) is 14.2. The summed E-state index contributed by atoms with van der Waals surface area (Å²) in [5, 5.41) is 14.5. The molecule has 0 atom stereocenters. The monoisotopic (exact) mass is 365 g/mol. The van der Waals surface area contributed by atoms with Crippen molar-refractivity contribution in [2.24, 2.45) is 5.10 Å². The van der Waals surface area contributed by atoms with E-state index >= 15 is 0 Å². The van der Waals surface area contributed by atoms with Crippen molar-refractivity contribution in [3.63, 3.8) is 0 Å². The number of para-hydroxylation sites is 1. The van der Waals surface area contributed by atoms with Crippen LogP contribution in [0.3, 0.4) is 0 Å². The molecule has 0 aliphatic carbocycles. The third kappa shape index (κ3) is 3.62. The lowest BCUT2D eigenvalue weighted by Gasteiger charge is -2.12. The minimum absolute atomic E-state index is 0.173. The predicted octanol–water partition coefficient (Wildman–Crippen LogP) is 2.80. The maximum absolute atomic E-state index is 13.2. The highest BCUT2D eigenvalue weighted by Gasteiger charge is 2.21. The number of nitrogens with one attached hydrogen (secondary N) is 1. The molecule has 27 heavy (non-hydrogen) atoms. The Morgan fingerprint density at radius 2 is 2.04 bits per heavy atom. The molecule has 0 spiro atoms. The van der Waals surface area contributed by atoms with Crippen molar-refractivity contribution in [2.75, 3.05) is 0 Å². The molecule has 0 saturated heterocycles. The SMILES string of the molecule is C=CCn1c(=O)c(C(=O)N/N=C\c2cccc(F)c2)c(O)c2ccccc21. The van der Waals surface area contributed by atoms with Gasteiger partial charge in [0, 0.05) is 11.9 Å². The van der Waals surface area contributed by atoms with Crippen molar-refractivity contribution >= 4 is 23.0 Å². The molecule has 2 N–H and O–H groups in total. The van der Waals surface area contributed by atoms with E-state index in [2.05, 4.69) is 17.1 Å². The van der Waals surface area contributed by atoms with Gasteiger partial charge in [0.1, 0.15) is 17.1 Å². The number of allylic oxidation sites excluding steroid dienone is 1. The second-order valence-corrected chi connectivity index (χ2v) is 5.70. The first-order valence-corrected chi connectivity index (χ1v) is 8.07. The third-order valence-corrected chi connectivity index (χ3v) is 3.91. The molecule has 3 aromatic rings. The van der Waals surface area contributed by atoms with Crippen molar-refractivity contribution in [1.82, 2.24) is 9.99 Å². The minimum Gasteiger partial charge on any atom is -0.506 e. The van der Waals surface area contributed by atoms with Crippen LogP contribution in [-0.2, 0) is 6.54 Å². The number of hydrogen-bond acceptors (Lipinski definition) is 4. The fourth-order valence-corrected chi connectivity index (χ4v) is 2.71. The average molecular weight is 365 g/mol. The van der Waals surface area contributed by atoms with Crippen LogP contribution in [0.5, 0.6) is 5.75 Å². The summed E-state index contributed by atoms with van der Waals surface area (Å²) < 4.78 is 14.5. The summed E-state index contributed by atoms with van der Waals surface area (Å²) >= 11 is 0. The Kier molecular flexibility index (Phi) is 5.12. The lowest BCUT2D eigenvalue weighted by Crippen LogP contribution is -2.31. The fraction of sp³-hybridized carbons (Fsp3) is 0.0500. The molecule has 1 aromatic heterocycles. The quantitative estimate of drug-likeness (QED) is 0.414. The molecule has 0 aliphatic rings. The first-order valence-electron chi connectivity index (χ1n) is 8.07. The Bertz CT molecular complexity index is 1120. The molecule has 0 unspecified atom stereocenters. The van der Waals surface area contributed by atoms with Gasteiger partial charge in [-0.2, -0.15) is 5.10 Å². The van der Waals surface area contributed by atoms with Gasteiger partial charge < -0.3 is 9.67 Å². The zero-order chi connectivity index (χ0) is 19.4. The van der Waals surface area contributed by atoms with Gasteiger partial charge in [-0.15, -0.1) is 6.58 Å². The van der Waals surface area contributed by atoms with Gasteiger partial charge in [0.05, 0.1) is 11.7 Å². The number of aromatic nitrogens is 1. The van der Waals surface area contributed by atoms with E-state index in [0.29, 0.717) is 16.5 Å². The highest BCUT2D eigenvalue weighted by Crippen LogP contribution is 2.26. The minimum atomic E-state index is -0.867. The van der Waals surface area contributed by atoms with E-state index in [4.69, 9.17) is 0 Å². The van der Waals surface area contributed by atoms with Crippen LogP contribution in [0.2, 0.25) is 0 Å². The van der Waals surface area contributed by atoms with Gasteiger partial charge in [-0.1, -0.05) is 30.3 Å². The van der Waals surface area contributed by atoms with Crippen LogP contribution in [0.1, 0.15) is 15.9 Å². The van der Waals surface area contributed by atoms with E-state index in [9.17, 15) is 19.1 Å². The fourth-order valence-electron chi connectivity index (χ4n) is 2.71. The van der Waals surface area contributed by atoms with Gasteiger partial charge in [-0.3, -0.25) is 9.59 Å². The van der Waals surface area contributed by atoms with Gasteiger partial charge in [-0.05, 0) is 29.8 Å². The maximum Gasteiger partial charge on any atom is 0.280 e. The van der Waals surface area contributed by atoms with E-state index < -0.39 is 28.6 Å². The molecule has 2 aromatic carbocycles. The lowest BCUT2D eigenvalue weighted by atomic mass is 10.1. The molecule has 0 aliphatic heterocycles. The molecule has 6 nitrogen and oxygen atoms in total. The smallest absolute Gasteiger partial charge is 0.280 e. The number of aromatic hydroxyl groups is 1. The molecule has 1 amide bonds. The van der Waals surface area contributed by atoms with Crippen LogP contribution in [0, 0.1) is 5.82 Å². The summed E-state index contributed by atoms with van der Waals surface area (Å²) in [6.07, 6.45) is 2.76. The van der Waals surface area contributed by atoms with Crippen molar-refractivity contribution < 1.29 is 14.3 Å². The standard InChI is InChI=1S/C20H16FN3O3/c1-2-10-24-16-9-4-3-8-15(16)18(25)17(20(24)27)19(26)23-22-12-13-6-5-7-14(21)11-13/h2-9,11-12,25H,1,10H2,(H,23,26)/b22-12-. The molecule has 0 radical (unpaired) electrons. The van der Waals surface area contributed by atoms with E-state index in [0.717, 1.165) is 0 Å². The van der Waals surface area contributed by atoms with Gasteiger partial charge in [0.2, 0.25) is 0 Å². The lowest BCUT2D eigenvalue weighted by molar-refractivity contribution is 0.0950. The summed E-state index contributed by atoms with van der Waals surface area (Å²) in [5.74, 6) is -1.73. The number of hydrazone groups is 1. The van der Waals surface area contributed by atoms with Crippen molar-refractivity contribution in [1.29, 1.82) is 0 Å². The van der Waals surface area contributed by atoms with Gasteiger partial charge >= 0.3 is 0 Å². The van der Waals surface area contributed by atoms with E-state index in [1.165, 1.54) is 35.1 Å². The first kappa shape index (κ1) is 18.1. The van der Waals surface area contributed by atoms with Crippen molar-refractivity contribution in [3.05, 3.63) is 88.5 Å². The molecular weight excluding hydrogens is 349 g/mol. The molecule has 7 heteroatoms. The number of pyridine rings is 1. The summed E-state index contributed by atoms with van der Waals surface area (Å²) in [7, 11) is 0. The number of carbonyl (C=O) groups excluding carboxylic acids is 1. The number of amides is 1. The normalized spacial score (nSPS) is 11.0. The van der Waals surface area contributed by atoms with E-state index in [1.54, 1.807) is 30.3 Å². The van der Waals surface area contributed by atoms with Crippen molar-refractivity contribution in [2.45, 2.75) is 6.54 Å². The van der Waals surface area contributed by atoms with Crippen LogP contribution < -0.4 is 11.0 Å². The van der Waals surface area contributed by atoms with E-state index in [-0.39, 0.29) is 6.54 Å². The highest BCUT2D eigenvalue weighted by molar-refractivity contribution is 6.02. The second kappa shape index (κ2) is 7.65. The predicted molar refractivity (Wildman–Crippen MR) is 102 cm³/mol. The van der Waals surface area contributed by atoms with E-state index in [1.807, 2.05) is 0 Å². The molecule has 1 heterocycles. The Balaban J connectivity index is 1.99. The molecule has 0 fully saturated rings.